The Morgan fingerprint density at radius 1 is 1.38 bits per heavy atom. The zero-order valence-electron chi connectivity index (χ0n) is 9.05. The van der Waals surface area contributed by atoms with E-state index in [1.165, 1.54) is 0 Å². The highest BCUT2D eigenvalue weighted by Gasteiger charge is 2.20. The Bertz CT molecular complexity index is 167. The van der Waals surface area contributed by atoms with Crippen molar-refractivity contribution in [2.24, 2.45) is 5.92 Å². The van der Waals surface area contributed by atoms with Crippen LogP contribution in [0.5, 0.6) is 0 Å². The van der Waals surface area contributed by atoms with E-state index >= 15 is 0 Å². The van der Waals surface area contributed by atoms with Crippen molar-refractivity contribution < 1.29 is 4.79 Å². The molecule has 0 aliphatic heterocycles. The Morgan fingerprint density at radius 3 is 2.38 bits per heavy atom. The molecule has 0 N–H and O–H groups in total. The van der Waals surface area contributed by atoms with Crippen molar-refractivity contribution in [3.05, 3.63) is 0 Å². The first-order valence-corrected chi connectivity index (χ1v) is 5.31. The van der Waals surface area contributed by atoms with Gasteiger partial charge in [0.1, 0.15) is 5.78 Å². The quantitative estimate of drug-likeness (QED) is 0.667. The van der Waals surface area contributed by atoms with Gasteiger partial charge in [-0.25, -0.2) is 0 Å². The van der Waals surface area contributed by atoms with Crippen molar-refractivity contribution in [3.63, 3.8) is 0 Å². The molecule has 0 unspecified atom stereocenters. The van der Waals surface area contributed by atoms with Gasteiger partial charge in [-0.1, -0.05) is 0 Å². The number of carbonyl (C=O) groups is 1. The third kappa shape index (κ3) is 3.47. The average molecular weight is 183 g/mol. The molecule has 0 heterocycles. The Balaban J connectivity index is 2.26. The van der Waals surface area contributed by atoms with Crippen molar-refractivity contribution in [1.82, 2.24) is 4.90 Å². The van der Waals surface area contributed by atoms with Crippen LogP contribution in [0, 0.1) is 5.92 Å². The van der Waals surface area contributed by atoms with E-state index in [9.17, 15) is 4.79 Å². The van der Waals surface area contributed by atoms with Gasteiger partial charge >= 0.3 is 0 Å². The average Bonchev–Trinajstić information content (AvgIpc) is 2.08. The Hall–Kier alpha value is -0.370. The molecule has 1 aliphatic rings. The molecule has 1 aliphatic carbocycles. The predicted molar refractivity (Wildman–Crippen MR) is 54.7 cm³/mol. The molecule has 0 aromatic rings. The summed E-state index contributed by atoms with van der Waals surface area (Å²) in [6, 6.07) is 0.623. The highest BCUT2D eigenvalue weighted by molar-refractivity contribution is 5.79. The topological polar surface area (TPSA) is 20.3 Å². The Kier molecular flexibility index (Phi) is 3.91. The van der Waals surface area contributed by atoms with Gasteiger partial charge in [0.2, 0.25) is 0 Å². The van der Waals surface area contributed by atoms with E-state index in [-0.39, 0.29) is 0 Å². The summed E-state index contributed by atoms with van der Waals surface area (Å²) in [7, 11) is 2.17. The number of Topliss-reactive ketones (excluding diaryl/α,β-unsaturated/α-hetero) is 1. The maximum atomic E-state index is 11.0. The fourth-order valence-electron chi connectivity index (χ4n) is 1.80. The molecule has 1 saturated carbocycles. The van der Waals surface area contributed by atoms with Gasteiger partial charge < -0.3 is 4.90 Å². The highest BCUT2D eigenvalue weighted by atomic mass is 16.1. The first kappa shape index (κ1) is 10.7. The molecular formula is C11H21NO. The number of ketones is 1. The van der Waals surface area contributed by atoms with E-state index in [0.717, 1.165) is 38.1 Å². The summed E-state index contributed by atoms with van der Waals surface area (Å²) in [4.78, 5) is 13.4. The van der Waals surface area contributed by atoms with Gasteiger partial charge in [-0.2, -0.15) is 0 Å². The van der Waals surface area contributed by atoms with Gasteiger partial charge in [-0.15, -0.1) is 0 Å². The molecule has 0 atom stereocenters. The first-order chi connectivity index (χ1) is 6.09. The molecule has 1 rings (SSSR count). The third-order valence-corrected chi connectivity index (χ3v) is 3.09. The lowest BCUT2D eigenvalue weighted by Crippen LogP contribution is -2.33. The molecule has 0 aromatic heterocycles. The molecule has 1 fully saturated rings. The van der Waals surface area contributed by atoms with Crippen LogP contribution in [0.1, 0.15) is 39.5 Å². The number of rotatable bonds is 3. The molecule has 76 valence electrons. The van der Waals surface area contributed by atoms with Gasteiger partial charge in [-0.3, -0.25) is 4.79 Å². The van der Waals surface area contributed by atoms with Crippen molar-refractivity contribution in [1.29, 1.82) is 0 Å². The van der Waals surface area contributed by atoms with Gasteiger partial charge in [0, 0.05) is 25.4 Å². The molecule has 2 nitrogen and oxygen atoms in total. The number of hydrogen-bond donors (Lipinski definition) is 0. The zero-order valence-corrected chi connectivity index (χ0v) is 9.05. The van der Waals surface area contributed by atoms with Crippen LogP contribution in [-0.4, -0.2) is 30.3 Å². The van der Waals surface area contributed by atoms with Crippen LogP contribution < -0.4 is 0 Å². The lowest BCUT2D eigenvalue weighted by Gasteiger charge is -2.28. The van der Waals surface area contributed by atoms with E-state index < -0.39 is 0 Å². The number of carbonyl (C=O) groups excluding carboxylic acids is 1. The lowest BCUT2D eigenvalue weighted by atomic mass is 9.88. The summed E-state index contributed by atoms with van der Waals surface area (Å²) in [5, 5.41) is 0. The Morgan fingerprint density at radius 2 is 1.92 bits per heavy atom. The van der Waals surface area contributed by atoms with Crippen LogP contribution in [0.4, 0.5) is 0 Å². The maximum absolute atomic E-state index is 11.0. The molecular weight excluding hydrogens is 162 g/mol. The van der Waals surface area contributed by atoms with E-state index in [4.69, 9.17) is 0 Å². The van der Waals surface area contributed by atoms with Crippen molar-refractivity contribution in [2.75, 3.05) is 13.6 Å². The minimum atomic E-state index is 0.462. The van der Waals surface area contributed by atoms with Crippen molar-refractivity contribution in [2.45, 2.75) is 45.6 Å². The summed E-state index contributed by atoms with van der Waals surface area (Å²) in [6.07, 6.45) is 3.85. The second kappa shape index (κ2) is 4.75. The summed E-state index contributed by atoms with van der Waals surface area (Å²) >= 11 is 0. The Labute approximate surface area is 81.3 Å². The zero-order chi connectivity index (χ0) is 9.84. The van der Waals surface area contributed by atoms with Crippen LogP contribution in [0.25, 0.3) is 0 Å². The molecule has 13 heavy (non-hydrogen) atoms. The first-order valence-electron chi connectivity index (χ1n) is 5.31. The van der Waals surface area contributed by atoms with Crippen LogP contribution in [0.2, 0.25) is 0 Å². The van der Waals surface area contributed by atoms with Crippen LogP contribution in [0.15, 0.2) is 0 Å². The van der Waals surface area contributed by atoms with Crippen molar-refractivity contribution in [3.8, 4) is 0 Å². The minimum absolute atomic E-state index is 0.462. The number of nitrogens with zero attached hydrogens (tertiary/aromatic N) is 1. The SMILES string of the molecule is CC(C)N(C)CC1CCC(=O)CC1. The normalized spacial score (nSPS) is 20.2. The number of hydrogen-bond acceptors (Lipinski definition) is 2. The molecule has 0 radical (unpaired) electrons. The summed E-state index contributed by atoms with van der Waals surface area (Å²) < 4.78 is 0. The van der Waals surface area contributed by atoms with Crippen molar-refractivity contribution >= 4 is 5.78 Å². The second-order valence-electron chi connectivity index (χ2n) is 4.52. The molecule has 0 spiro atoms. The minimum Gasteiger partial charge on any atom is -0.304 e. The fourth-order valence-corrected chi connectivity index (χ4v) is 1.80. The largest absolute Gasteiger partial charge is 0.304 e. The third-order valence-electron chi connectivity index (χ3n) is 3.09. The van der Waals surface area contributed by atoms with E-state index in [1.54, 1.807) is 0 Å². The molecule has 2 heteroatoms. The monoisotopic (exact) mass is 183 g/mol. The van der Waals surface area contributed by atoms with Crippen LogP contribution in [-0.2, 0) is 4.79 Å². The standard InChI is InChI=1S/C11H21NO/c1-9(2)12(3)8-10-4-6-11(13)7-5-10/h9-10H,4-8H2,1-3H3. The predicted octanol–water partition coefficient (Wildman–Crippen LogP) is 2.09. The summed E-state index contributed by atoms with van der Waals surface area (Å²) in [6.45, 7) is 5.59. The van der Waals surface area contributed by atoms with Gasteiger partial charge in [0.15, 0.2) is 0 Å². The maximum Gasteiger partial charge on any atom is 0.132 e. The molecule has 0 aromatic carbocycles. The molecule has 0 amide bonds. The van der Waals surface area contributed by atoms with E-state index in [2.05, 4.69) is 25.8 Å². The van der Waals surface area contributed by atoms with E-state index in [0.29, 0.717) is 11.8 Å². The lowest BCUT2D eigenvalue weighted by molar-refractivity contribution is -0.121. The molecule has 0 saturated heterocycles. The highest BCUT2D eigenvalue weighted by Crippen LogP contribution is 2.22. The van der Waals surface area contributed by atoms with Crippen LogP contribution in [0.3, 0.4) is 0 Å². The van der Waals surface area contributed by atoms with Gasteiger partial charge in [-0.05, 0) is 39.7 Å². The smallest absolute Gasteiger partial charge is 0.132 e. The van der Waals surface area contributed by atoms with Gasteiger partial charge in [0.05, 0.1) is 0 Å². The summed E-state index contributed by atoms with van der Waals surface area (Å²) in [5.41, 5.74) is 0. The van der Waals surface area contributed by atoms with Crippen LogP contribution >= 0.6 is 0 Å². The molecule has 0 bridgehead atoms. The van der Waals surface area contributed by atoms with E-state index in [1.807, 2.05) is 0 Å². The second-order valence-corrected chi connectivity index (χ2v) is 4.52. The summed E-state index contributed by atoms with van der Waals surface area (Å²) in [5.74, 6) is 1.22. The fraction of sp³-hybridized carbons (Fsp3) is 0.909. The van der Waals surface area contributed by atoms with Gasteiger partial charge in [0.25, 0.3) is 0 Å².